The lowest BCUT2D eigenvalue weighted by atomic mass is 10.2. The molecule has 176 valence electrons. The Balaban J connectivity index is 1.34. The third-order valence-electron chi connectivity index (χ3n) is 6.32. The van der Waals surface area contributed by atoms with Crippen LogP contribution in [0.1, 0.15) is 29.7 Å². The summed E-state index contributed by atoms with van der Waals surface area (Å²) in [5.74, 6) is 0.418. The number of nitrogens with zero attached hydrogens (tertiary/aromatic N) is 5. The van der Waals surface area contributed by atoms with Crippen molar-refractivity contribution < 1.29 is 9.59 Å². The number of benzene rings is 1. The summed E-state index contributed by atoms with van der Waals surface area (Å²) in [7, 11) is 2.16. The fraction of sp³-hybridized carbons (Fsp3) is 0.458. The molecule has 0 saturated carbocycles. The van der Waals surface area contributed by atoms with E-state index in [2.05, 4.69) is 34.1 Å². The number of fused-ring (bicyclic) bond motifs is 1. The molecular formula is C24H31ClN6O2. The van der Waals surface area contributed by atoms with Crippen LogP contribution in [0.4, 0.5) is 5.69 Å². The van der Waals surface area contributed by atoms with Gasteiger partial charge in [-0.05, 0) is 39.1 Å². The van der Waals surface area contributed by atoms with Gasteiger partial charge in [-0.2, -0.15) is 0 Å². The maximum Gasteiger partial charge on any atom is 0.273 e. The van der Waals surface area contributed by atoms with Gasteiger partial charge in [-0.1, -0.05) is 29.8 Å². The molecule has 8 nitrogen and oxygen atoms in total. The summed E-state index contributed by atoms with van der Waals surface area (Å²) in [6.45, 7) is 7.65. The van der Waals surface area contributed by atoms with E-state index in [9.17, 15) is 9.59 Å². The van der Waals surface area contributed by atoms with Gasteiger partial charge in [-0.25, -0.2) is 4.98 Å². The maximum absolute atomic E-state index is 12.8. The zero-order chi connectivity index (χ0) is 23.4. The highest BCUT2D eigenvalue weighted by Gasteiger charge is 2.25. The molecule has 2 amide bonds. The van der Waals surface area contributed by atoms with Crippen molar-refractivity contribution in [2.24, 2.45) is 0 Å². The lowest BCUT2D eigenvalue weighted by molar-refractivity contribution is -0.127. The molecule has 9 heteroatoms. The lowest BCUT2D eigenvalue weighted by Gasteiger charge is -2.28. The minimum Gasteiger partial charge on any atom is -0.330 e. The highest BCUT2D eigenvalue weighted by Crippen LogP contribution is 2.22. The number of anilines is 1. The van der Waals surface area contributed by atoms with Crippen molar-refractivity contribution in [3.05, 3.63) is 59.2 Å². The van der Waals surface area contributed by atoms with Crippen LogP contribution in [0.3, 0.4) is 0 Å². The zero-order valence-corrected chi connectivity index (χ0v) is 20.0. The van der Waals surface area contributed by atoms with Crippen LogP contribution in [-0.4, -0.2) is 81.9 Å². The Morgan fingerprint density at radius 2 is 2.03 bits per heavy atom. The third kappa shape index (κ3) is 5.63. The van der Waals surface area contributed by atoms with Crippen LogP contribution in [0.2, 0.25) is 5.02 Å². The number of nitrogens with one attached hydrogen (secondary N) is 1. The standard InChI is InChI=1S/C24H31ClN6O2/c1-18-16-28(2)10-6-12-29(18)11-5-9-23(32)30-13-14-31-21(15-26-22(31)17-30)24(33)27-20-8-4-3-7-19(20)25/h3-5,7-9,15,18H,6,10-14,16-17H2,1-2H3,(H,27,33)/b9-5+/t18-/m0/s1. The topological polar surface area (TPSA) is 73.7 Å². The van der Waals surface area contributed by atoms with E-state index in [1.807, 2.05) is 22.8 Å². The van der Waals surface area contributed by atoms with E-state index >= 15 is 0 Å². The zero-order valence-electron chi connectivity index (χ0n) is 19.2. The average Bonchev–Trinajstić information content (AvgIpc) is 3.15. The minimum absolute atomic E-state index is 0.0223. The number of carbonyl (C=O) groups excluding carboxylic acids is 2. The lowest BCUT2D eigenvalue weighted by Crippen LogP contribution is -2.39. The monoisotopic (exact) mass is 470 g/mol. The second kappa shape index (κ2) is 10.5. The summed E-state index contributed by atoms with van der Waals surface area (Å²) in [4.78, 5) is 36.4. The largest absolute Gasteiger partial charge is 0.330 e. The van der Waals surface area contributed by atoms with Gasteiger partial charge < -0.3 is 19.7 Å². The molecule has 2 aliphatic rings. The predicted molar refractivity (Wildman–Crippen MR) is 129 cm³/mol. The van der Waals surface area contributed by atoms with Crippen LogP contribution < -0.4 is 5.32 Å². The first-order valence-corrected chi connectivity index (χ1v) is 11.8. The second-order valence-corrected chi connectivity index (χ2v) is 9.17. The summed E-state index contributed by atoms with van der Waals surface area (Å²) >= 11 is 6.15. The molecular weight excluding hydrogens is 440 g/mol. The third-order valence-corrected chi connectivity index (χ3v) is 6.64. The van der Waals surface area contributed by atoms with Gasteiger partial charge in [-0.3, -0.25) is 14.5 Å². The van der Waals surface area contributed by atoms with Crippen molar-refractivity contribution in [1.82, 2.24) is 24.3 Å². The molecule has 1 fully saturated rings. The van der Waals surface area contributed by atoms with Gasteiger partial charge in [0.2, 0.25) is 5.91 Å². The van der Waals surface area contributed by atoms with Crippen molar-refractivity contribution in [3.8, 4) is 0 Å². The van der Waals surface area contributed by atoms with Crippen LogP contribution in [0, 0.1) is 0 Å². The summed E-state index contributed by atoms with van der Waals surface area (Å²) in [5, 5.41) is 3.32. The molecule has 3 heterocycles. The van der Waals surface area contributed by atoms with Crippen LogP contribution >= 0.6 is 11.6 Å². The molecule has 0 spiro atoms. The molecule has 0 radical (unpaired) electrons. The molecule has 0 unspecified atom stereocenters. The van der Waals surface area contributed by atoms with Gasteiger partial charge in [0.15, 0.2) is 0 Å². The van der Waals surface area contributed by atoms with Crippen molar-refractivity contribution in [2.45, 2.75) is 32.5 Å². The molecule has 1 aromatic heterocycles. The predicted octanol–water partition coefficient (Wildman–Crippen LogP) is 2.71. The molecule has 0 aliphatic carbocycles. The Morgan fingerprint density at radius 3 is 2.85 bits per heavy atom. The van der Waals surface area contributed by atoms with E-state index in [1.54, 1.807) is 29.3 Å². The molecule has 2 aromatic rings. The quantitative estimate of drug-likeness (QED) is 0.680. The number of imidazole rings is 1. The molecule has 2 aliphatic heterocycles. The molecule has 1 saturated heterocycles. The Hall–Kier alpha value is -2.68. The first-order valence-electron chi connectivity index (χ1n) is 11.4. The van der Waals surface area contributed by atoms with Gasteiger partial charge >= 0.3 is 0 Å². The van der Waals surface area contributed by atoms with Gasteiger partial charge in [0.05, 0.1) is 23.5 Å². The number of hydrogen-bond acceptors (Lipinski definition) is 5. The Bertz CT molecular complexity index is 1040. The number of aromatic nitrogens is 2. The van der Waals surface area contributed by atoms with E-state index in [0.717, 1.165) is 32.6 Å². The van der Waals surface area contributed by atoms with Crippen LogP contribution in [0.25, 0.3) is 0 Å². The number of halogens is 1. The summed E-state index contributed by atoms with van der Waals surface area (Å²) in [6.07, 6.45) is 6.34. The van der Waals surface area contributed by atoms with Crippen LogP contribution in [0.5, 0.6) is 0 Å². The van der Waals surface area contributed by atoms with Crippen LogP contribution in [0.15, 0.2) is 42.6 Å². The van der Waals surface area contributed by atoms with Gasteiger partial charge in [0, 0.05) is 44.8 Å². The summed E-state index contributed by atoms with van der Waals surface area (Å²) < 4.78 is 1.87. The molecule has 33 heavy (non-hydrogen) atoms. The van der Waals surface area contributed by atoms with E-state index < -0.39 is 0 Å². The fourth-order valence-electron chi connectivity index (χ4n) is 4.47. The van der Waals surface area contributed by atoms with Gasteiger partial charge in [0.1, 0.15) is 11.5 Å². The van der Waals surface area contributed by atoms with Crippen molar-refractivity contribution >= 4 is 29.1 Å². The highest BCUT2D eigenvalue weighted by atomic mass is 35.5. The minimum atomic E-state index is -0.265. The number of rotatable bonds is 5. The smallest absolute Gasteiger partial charge is 0.273 e. The molecule has 1 N–H and O–H groups in total. The van der Waals surface area contributed by atoms with E-state index in [-0.39, 0.29) is 11.8 Å². The fourth-order valence-corrected chi connectivity index (χ4v) is 4.65. The summed E-state index contributed by atoms with van der Waals surface area (Å²) in [6, 6.07) is 7.58. The Morgan fingerprint density at radius 1 is 1.21 bits per heavy atom. The molecule has 1 atom stereocenters. The number of para-hydroxylation sites is 1. The van der Waals surface area contributed by atoms with E-state index in [1.165, 1.54) is 0 Å². The van der Waals surface area contributed by atoms with Crippen LogP contribution in [-0.2, 0) is 17.9 Å². The Kier molecular flexibility index (Phi) is 7.47. The van der Waals surface area contributed by atoms with Crippen molar-refractivity contribution in [2.75, 3.05) is 45.1 Å². The van der Waals surface area contributed by atoms with Gasteiger partial charge in [0.25, 0.3) is 5.91 Å². The normalized spacial score (nSPS) is 20.0. The number of likely N-dealkylation sites (N-methyl/N-ethyl adjacent to an activating group) is 1. The van der Waals surface area contributed by atoms with E-state index in [4.69, 9.17) is 11.6 Å². The van der Waals surface area contributed by atoms with E-state index in [0.29, 0.717) is 47.9 Å². The highest BCUT2D eigenvalue weighted by molar-refractivity contribution is 6.33. The first kappa shape index (κ1) is 23.5. The Labute approximate surface area is 199 Å². The maximum atomic E-state index is 12.8. The number of amides is 2. The average molecular weight is 471 g/mol. The molecule has 4 rings (SSSR count). The molecule has 0 bridgehead atoms. The molecule has 1 aromatic carbocycles. The second-order valence-electron chi connectivity index (χ2n) is 8.77. The number of hydrogen-bond donors (Lipinski definition) is 1. The van der Waals surface area contributed by atoms with Crippen molar-refractivity contribution in [1.29, 1.82) is 0 Å². The van der Waals surface area contributed by atoms with Gasteiger partial charge in [-0.15, -0.1) is 0 Å². The van der Waals surface area contributed by atoms with Crippen molar-refractivity contribution in [3.63, 3.8) is 0 Å². The summed E-state index contributed by atoms with van der Waals surface area (Å²) in [5.41, 5.74) is 1.02. The SMILES string of the molecule is C[C@H]1CN(C)CCCN1C/C=C/C(=O)N1CCn2c(C(=O)Nc3ccccc3Cl)cnc2C1. The first-order chi connectivity index (χ1) is 15.9. The number of carbonyl (C=O) groups is 2.